The Balaban J connectivity index is 1.52. The molecule has 0 amide bonds. The molecule has 5 rings (SSSR count). The van der Waals surface area contributed by atoms with E-state index in [-0.39, 0.29) is 11.7 Å². The minimum absolute atomic E-state index is 0.0300. The molecule has 0 bridgehead atoms. The molecule has 5 aromatic rings. The molecular weight excluding hydrogens is 488 g/mol. The molecule has 0 fully saturated rings. The standard InChI is InChI=1S/C30H36N8O/c1-6-7-10-24-19-38(29-25(20(2)3)15-16-36(29)21(4)5)30(39)37(24)18-23-14-13-22(17-31-23)26-11-8-9-12-27(26)28-32-34-35-33-28/h8-9,11-17,19-21H,6-7,10,18H2,1-5H3,(H,32,33,34,35). The summed E-state index contributed by atoms with van der Waals surface area (Å²) in [5.41, 5.74) is 5.85. The van der Waals surface area contributed by atoms with Gasteiger partial charge in [0.05, 0.1) is 12.2 Å². The first kappa shape index (κ1) is 26.3. The summed E-state index contributed by atoms with van der Waals surface area (Å²) in [5, 5.41) is 14.3. The Hall–Kier alpha value is -4.27. The van der Waals surface area contributed by atoms with E-state index >= 15 is 0 Å². The number of nitrogens with one attached hydrogen (secondary N) is 1. The van der Waals surface area contributed by atoms with Crippen LogP contribution in [0.25, 0.3) is 28.3 Å². The number of hydrogen-bond acceptors (Lipinski definition) is 5. The number of H-pyrrole nitrogens is 1. The summed E-state index contributed by atoms with van der Waals surface area (Å²) >= 11 is 0. The van der Waals surface area contributed by atoms with Crippen molar-refractivity contribution in [2.24, 2.45) is 0 Å². The maximum atomic E-state index is 13.9. The number of pyridine rings is 1. The lowest BCUT2D eigenvalue weighted by Crippen LogP contribution is -2.27. The average molecular weight is 525 g/mol. The number of tetrazole rings is 1. The molecule has 0 unspecified atom stereocenters. The van der Waals surface area contributed by atoms with Crippen molar-refractivity contribution in [2.45, 2.75) is 72.4 Å². The monoisotopic (exact) mass is 524 g/mol. The summed E-state index contributed by atoms with van der Waals surface area (Å²) in [4.78, 5) is 18.7. The number of aryl methyl sites for hydroxylation is 1. The van der Waals surface area contributed by atoms with Crippen LogP contribution in [0.4, 0.5) is 0 Å². The first-order valence-electron chi connectivity index (χ1n) is 13.7. The second kappa shape index (κ2) is 11.2. The summed E-state index contributed by atoms with van der Waals surface area (Å²) < 4.78 is 5.92. The zero-order valence-corrected chi connectivity index (χ0v) is 23.3. The lowest BCUT2D eigenvalue weighted by Gasteiger charge is -2.16. The van der Waals surface area contributed by atoms with Crippen LogP contribution >= 0.6 is 0 Å². The zero-order valence-electron chi connectivity index (χ0n) is 23.3. The number of imidazole rings is 1. The van der Waals surface area contributed by atoms with E-state index in [1.54, 1.807) is 0 Å². The molecule has 0 saturated carbocycles. The number of rotatable bonds is 10. The van der Waals surface area contributed by atoms with Gasteiger partial charge in [-0.05, 0) is 66.3 Å². The van der Waals surface area contributed by atoms with Crippen molar-refractivity contribution < 1.29 is 0 Å². The molecule has 0 aliphatic rings. The molecule has 4 aromatic heterocycles. The van der Waals surface area contributed by atoms with Crippen LogP contribution < -0.4 is 5.69 Å². The number of aromatic amines is 1. The fourth-order valence-corrected chi connectivity index (χ4v) is 5.04. The van der Waals surface area contributed by atoms with E-state index in [0.717, 1.165) is 53.2 Å². The topological polar surface area (TPSA) is 99.2 Å². The van der Waals surface area contributed by atoms with Gasteiger partial charge in [0.2, 0.25) is 0 Å². The largest absolute Gasteiger partial charge is 0.334 e. The lowest BCUT2D eigenvalue weighted by atomic mass is 10.0. The maximum Gasteiger partial charge on any atom is 0.334 e. The van der Waals surface area contributed by atoms with Gasteiger partial charge in [-0.15, -0.1) is 5.10 Å². The van der Waals surface area contributed by atoms with Crippen molar-refractivity contribution in [1.29, 1.82) is 0 Å². The molecule has 1 N–H and O–H groups in total. The maximum absolute atomic E-state index is 13.9. The molecule has 202 valence electrons. The van der Waals surface area contributed by atoms with Crippen LogP contribution in [0.5, 0.6) is 0 Å². The molecule has 9 heteroatoms. The van der Waals surface area contributed by atoms with Gasteiger partial charge in [-0.1, -0.05) is 57.5 Å². The molecule has 0 saturated heterocycles. The molecule has 4 heterocycles. The van der Waals surface area contributed by atoms with Crippen molar-refractivity contribution in [1.82, 2.24) is 39.3 Å². The van der Waals surface area contributed by atoms with Crippen molar-refractivity contribution >= 4 is 0 Å². The van der Waals surface area contributed by atoms with Gasteiger partial charge >= 0.3 is 5.69 Å². The minimum atomic E-state index is -0.0300. The van der Waals surface area contributed by atoms with E-state index in [2.05, 4.69) is 72.1 Å². The molecule has 9 nitrogen and oxygen atoms in total. The third-order valence-corrected chi connectivity index (χ3v) is 7.16. The highest BCUT2D eigenvalue weighted by atomic mass is 16.1. The number of unbranched alkanes of at least 4 members (excludes halogenated alkanes) is 1. The molecule has 0 aliphatic heterocycles. The Labute approximate surface area is 228 Å². The smallest absolute Gasteiger partial charge is 0.331 e. The lowest BCUT2D eigenvalue weighted by molar-refractivity contribution is 0.579. The van der Waals surface area contributed by atoms with E-state index in [1.165, 1.54) is 5.56 Å². The zero-order chi connectivity index (χ0) is 27.5. The first-order valence-corrected chi connectivity index (χ1v) is 13.7. The predicted molar refractivity (Wildman–Crippen MR) is 153 cm³/mol. The van der Waals surface area contributed by atoms with E-state index < -0.39 is 0 Å². The third kappa shape index (κ3) is 5.21. The highest BCUT2D eigenvalue weighted by Crippen LogP contribution is 2.30. The molecule has 1 aromatic carbocycles. The fraction of sp³-hybridized carbons (Fsp3) is 0.367. The second-order valence-corrected chi connectivity index (χ2v) is 10.5. The average Bonchev–Trinajstić information content (AvgIpc) is 3.68. The van der Waals surface area contributed by atoms with Gasteiger partial charge in [0, 0.05) is 41.5 Å². The second-order valence-electron chi connectivity index (χ2n) is 10.5. The summed E-state index contributed by atoms with van der Waals surface area (Å²) in [7, 11) is 0. The Morgan fingerprint density at radius 1 is 1.00 bits per heavy atom. The van der Waals surface area contributed by atoms with Gasteiger partial charge in [0.25, 0.3) is 0 Å². The molecule has 0 spiro atoms. The van der Waals surface area contributed by atoms with Crippen LogP contribution in [0.15, 0.2) is 65.8 Å². The van der Waals surface area contributed by atoms with Gasteiger partial charge in [-0.3, -0.25) is 14.1 Å². The highest BCUT2D eigenvalue weighted by Gasteiger charge is 2.21. The van der Waals surface area contributed by atoms with E-state index in [9.17, 15) is 4.79 Å². The van der Waals surface area contributed by atoms with Gasteiger partial charge in [0.15, 0.2) is 5.82 Å². The van der Waals surface area contributed by atoms with Crippen LogP contribution in [0, 0.1) is 0 Å². The van der Waals surface area contributed by atoms with E-state index in [0.29, 0.717) is 18.3 Å². The minimum Gasteiger partial charge on any atom is -0.331 e. The van der Waals surface area contributed by atoms with Crippen molar-refractivity contribution in [3.8, 4) is 28.3 Å². The Morgan fingerprint density at radius 2 is 1.79 bits per heavy atom. The highest BCUT2D eigenvalue weighted by molar-refractivity contribution is 5.79. The summed E-state index contributed by atoms with van der Waals surface area (Å²) in [6.45, 7) is 11.2. The predicted octanol–water partition coefficient (Wildman–Crippen LogP) is 5.78. The van der Waals surface area contributed by atoms with Gasteiger partial charge in [-0.2, -0.15) is 0 Å². The molecule has 0 radical (unpaired) electrons. The van der Waals surface area contributed by atoms with Gasteiger partial charge < -0.3 is 4.57 Å². The third-order valence-electron chi connectivity index (χ3n) is 7.16. The Morgan fingerprint density at radius 3 is 2.44 bits per heavy atom. The van der Waals surface area contributed by atoms with Gasteiger partial charge in [0.1, 0.15) is 5.82 Å². The summed E-state index contributed by atoms with van der Waals surface area (Å²) in [5.74, 6) is 1.87. The summed E-state index contributed by atoms with van der Waals surface area (Å²) in [6, 6.07) is 14.4. The Bertz CT molecular complexity index is 1560. The van der Waals surface area contributed by atoms with Gasteiger partial charge in [-0.25, -0.2) is 9.89 Å². The van der Waals surface area contributed by atoms with Crippen molar-refractivity contribution in [3.05, 3.63) is 88.5 Å². The fourth-order valence-electron chi connectivity index (χ4n) is 5.04. The Kier molecular flexibility index (Phi) is 7.58. The number of aromatic nitrogens is 8. The molecule has 39 heavy (non-hydrogen) atoms. The van der Waals surface area contributed by atoms with Crippen LogP contribution in [0.1, 0.15) is 76.4 Å². The van der Waals surface area contributed by atoms with Crippen LogP contribution in [-0.4, -0.2) is 39.3 Å². The normalized spacial score (nSPS) is 11.7. The van der Waals surface area contributed by atoms with Crippen molar-refractivity contribution in [2.75, 3.05) is 0 Å². The summed E-state index contributed by atoms with van der Waals surface area (Å²) in [6.07, 6.45) is 8.91. The molecule has 0 aliphatic carbocycles. The van der Waals surface area contributed by atoms with Crippen LogP contribution in [0.2, 0.25) is 0 Å². The molecular formula is C30H36N8O. The van der Waals surface area contributed by atoms with Crippen molar-refractivity contribution in [3.63, 3.8) is 0 Å². The number of hydrogen-bond donors (Lipinski definition) is 1. The SMILES string of the molecule is CCCCc1cn(-c2c(C(C)C)ccn2C(C)C)c(=O)n1Cc1ccc(-c2ccccc2-c2nnn[nH]2)cn1. The number of benzene rings is 1. The molecule has 0 atom stereocenters. The van der Waals surface area contributed by atoms with Crippen LogP contribution in [-0.2, 0) is 13.0 Å². The van der Waals surface area contributed by atoms with E-state index in [4.69, 9.17) is 4.98 Å². The first-order chi connectivity index (χ1) is 18.9. The number of nitrogens with zero attached hydrogens (tertiary/aromatic N) is 7. The quantitative estimate of drug-likeness (QED) is 0.250. The van der Waals surface area contributed by atoms with E-state index in [1.807, 2.05) is 57.9 Å². The van der Waals surface area contributed by atoms with Crippen LogP contribution in [0.3, 0.4) is 0 Å².